The topological polar surface area (TPSA) is 21.3 Å². The van der Waals surface area contributed by atoms with Crippen LogP contribution in [0.25, 0.3) is 0 Å². The SMILES string of the molecule is CNC(c1cc(C)c(OC)cc1C)c1cccc(F)c1Cl. The summed E-state index contributed by atoms with van der Waals surface area (Å²) in [5, 5.41) is 3.37. The molecule has 0 amide bonds. The zero-order valence-corrected chi connectivity index (χ0v) is 13.4. The molecule has 0 radical (unpaired) electrons. The third-order valence-electron chi connectivity index (χ3n) is 3.68. The zero-order valence-electron chi connectivity index (χ0n) is 12.6. The predicted molar refractivity (Wildman–Crippen MR) is 84.8 cm³/mol. The average molecular weight is 308 g/mol. The summed E-state index contributed by atoms with van der Waals surface area (Å²) in [5.74, 6) is 0.439. The number of ether oxygens (including phenoxy) is 1. The quantitative estimate of drug-likeness (QED) is 0.903. The maximum Gasteiger partial charge on any atom is 0.142 e. The van der Waals surface area contributed by atoms with Crippen molar-refractivity contribution in [3.8, 4) is 5.75 Å². The van der Waals surface area contributed by atoms with E-state index in [2.05, 4.69) is 11.4 Å². The highest BCUT2D eigenvalue weighted by atomic mass is 35.5. The highest BCUT2D eigenvalue weighted by molar-refractivity contribution is 6.31. The largest absolute Gasteiger partial charge is 0.496 e. The minimum Gasteiger partial charge on any atom is -0.496 e. The molecule has 0 aliphatic rings. The Labute approximate surface area is 129 Å². The summed E-state index contributed by atoms with van der Waals surface area (Å²) in [6.07, 6.45) is 0. The molecule has 4 heteroatoms. The van der Waals surface area contributed by atoms with Crippen LogP contribution in [0, 0.1) is 19.7 Å². The predicted octanol–water partition coefficient (Wildman–Crippen LogP) is 4.41. The molecule has 0 aliphatic heterocycles. The third-order valence-corrected chi connectivity index (χ3v) is 4.07. The zero-order chi connectivity index (χ0) is 15.6. The molecule has 1 atom stereocenters. The number of nitrogens with one attached hydrogen (secondary N) is 1. The Morgan fingerprint density at radius 3 is 2.48 bits per heavy atom. The maximum atomic E-state index is 13.7. The molecule has 0 saturated carbocycles. The first-order valence-electron chi connectivity index (χ1n) is 6.76. The standard InChI is InChI=1S/C17H19ClFNO/c1-10-9-15(21-4)11(2)8-13(10)17(20-3)12-6-5-7-14(19)16(12)18/h5-9,17,20H,1-4H3. The van der Waals surface area contributed by atoms with E-state index >= 15 is 0 Å². The first-order chi connectivity index (χ1) is 9.99. The van der Waals surface area contributed by atoms with Crippen molar-refractivity contribution in [3.63, 3.8) is 0 Å². The second kappa shape index (κ2) is 6.46. The number of benzene rings is 2. The van der Waals surface area contributed by atoms with E-state index in [4.69, 9.17) is 16.3 Å². The van der Waals surface area contributed by atoms with E-state index in [1.165, 1.54) is 6.07 Å². The second-order valence-electron chi connectivity index (χ2n) is 5.04. The molecule has 2 aromatic rings. The van der Waals surface area contributed by atoms with Gasteiger partial charge in [0.25, 0.3) is 0 Å². The van der Waals surface area contributed by atoms with E-state index in [1.54, 1.807) is 13.2 Å². The summed E-state index contributed by atoms with van der Waals surface area (Å²) in [5.41, 5.74) is 3.89. The van der Waals surface area contributed by atoms with Gasteiger partial charge in [0.15, 0.2) is 0 Å². The molecule has 1 N–H and O–H groups in total. The van der Waals surface area contributed by atoms with Crippen molar-refractivity contribution in [2.45, 2.75) is 19.9 Å². The Morgan fingerprint density at radius 1 is 1.14 bits per heavy atom. The van der Waals surface area contributed by atoms with Crippen LogP contribution < -0.4 is 10.1 Å². The minimum atomic E-state index is -0.405. The van der Waals surface area contributed by atoms with Gasteiger partial charge in [-0.05, 0) is 55.3 Å². The maximum absolute atomic E-state index is 13.7. The molecule has 0 fully saturated rings. The average Bonchev–Trinajstić information content (AvgIpc) is 2.47. The van der Waals surface area contributed by atoms with Crippen molar-refractivity contribution >= 4 is 11.6 Å². The van der Waals surface area contributed by atoms with Crippen LogP contribution in [-0.4, -0.2) is 14.2 Å². The van der Waals surface area contributed by atoms with Crippen LogP contribution in [0.1, 0.15) is 28.3 Å². The fourth-order valence-corrected chi connectivity index (χ4v) is 2.80. The lowest BCUT2D eigenvalue weighted by molar-refractivity contribution is 0.411. The number of aryl methyl sites for hydroxylation is 2. The normalized spacial score (nSPS) is 12.3. The Bertz CT molecular complexity index is 657. The summed E-state index contributed by atoms with van der Waals surface area (Å²) in [4.78, 5) is 0. The Hall–Kier alpha value is -1.58. The van der Waals surface area contributed by atoms with Gasteiger partial charge in [0, 0.05) is 0 Å². The number of halogens is 2. The van der Waals surface area contributed by atoms with Crippen molar-refractivity contribution in [1.82, 2.24) is 5.32 Å². The van der Waals surface area contributed by atoms with Gasteiger partial charge in [-0.3, -0.25) is 0 Å². The number of methoxy groups -OCH3 is 1. The molecular weight excluding hydrogens is 289 g/mol. The van der Waals surface area contributed by atoms with E-state index in [1.807, 2.05) is 33.0 Å². The van der Waals surface area contributed by atoms with Crippen molar-refractivity contribution in [2.75, 3.05) is 14.2 Å². The van der Waals surface area contributed by atoms with Gasteiger partial charge in [0.05, 0.1) is 18.2 Å². The van der Waals surface area contributed by atoms with Gasteiger partial charge in [0.2, 0.25) is 0 Å². The van der Waals surface area contributed by atoms with E-state index in [0.717, 1.165) is 28.0 Å². The Kier molecular flexibility index (Phi) is 4.86. The summed E-state index contributed by atoms with van der Waals surface area (Å²) < 4.78 is 19.0. The highest BCUT2D eigenvalue weighted by Gasteiger charge is 2.20. The van der Waals surface area contributed by atoms with Gasteiger partial charge in [-0.15, -0.1) is 0 Å². The van der Waals surface area contributed by atoms with E-state index in [-0.39, 0.29) is 11.1 Å². The molecular formula is C17H19ClFNO. The Morgan fingerprint density at radius 2 is 1.86 bits per heavy atom. The molecule has 0 aromatic heterocycles. The third kappa shape index (κ3) is 3.04. The van der Waals surface area contributed by atoms with E-state index < -0.39 is 5.82 Å². The number of hydrogen-bond donors (Lipinski definition) is 1. The van der Waals surface area contributed by atoms with Crippen LogP contribution in [-0.2, 0) is 0 Å². The smallest absolute Gasteiger partial charge is 0.142 e. The van der Waals surface area contributed by atoms with Crippen molar-refractivity contribution in [1.29, 1.82) is 0 Å². The fourth-order valence-electron chi connectivity index (χ4n) is 2.56. The minimum absolute atomic E-state index is 0.157. The molecule has 0 saturated heterocycles. The molecule has 2 aromatic carbocycles. The molecule has 0 spiro atoms. The summed E-state index contributed by atoms with van der Waals surface area (Å²) in [7, 11) is 3.49. The Balaban J connectivity index is 2.57. The fraction of sp³-hybridized carbons (Fsp3) is 0.294. The first-order valence-corrected chi connectivity index (χ1v) is 7.13. The number of hydrogen-bond acceptors (Lipinski definition) is 2. The molecule has 0 heterocycles. The lowest BCUT2D eigenvalue weighted by atomic mass is 9.93. The van der Waals surface area contributed by atoms with Gasteiger partial charge in [0.1, 0.15) is 11.6 Å². The summed E-state index contributed by atoms with van der Waals surface area (Å²) in [6, 6.07) is 8.75. The van der Waals surface area contributed by atoms with Crippen molar-refractivity contribution in [3.05, 3.63) is 63.4 Å². The first kappa shape index (κ1) is 15.8. The van der Waals surface area contributed by atoms with Crippen LogP contribution in [0.15, 0.2) is 30.3 Å². The van der Waals surface area contributed by atoms with Crippen molar-refractivity contribution in [2.24, 2.45) is 0 Å². The molecule has 1 unspecified atom stereocenters. The van der Waals surface area contributed by atoms with Gasteiger partial charge >= 0.3 is 0 Å². The summed E-state index contributed by atoms with van der Waals surface area (Å²) >= 11 is 6.13. The van der Waals surface area contributed by atoms with Crippen LogP contribution in [0.3, 0.4) is 0 Å². The van der Waals surface area contributed by atoms with E-state index in [9.17, 15) is 4.39 Å². The molecule has 2 rings (SSSR count). The molecule has 0 bridgehead atoms. The van der Waals surface area contributed by atoms with Gasteiger partial charge in [-0.1, -0.05) is 29.8 Å². The molecule has 2 nitrogen and oxygen atoms in total. The monoisotopic (exact) mass is 307 g/mol. The molecule has 0 aliphatic carbocycles. The van der Waals surface area contributed by atoms with Crippen LogP contribution >= 0.6 is 11.6 Å². The second-order valence-corrected chi connectivity index (χ2v) is 5.42. The van der Waals surface area contributed by atoms with Crippen LogP contribution in [0.2, 0.25) is 5.02 Å². The van der Waals surface area contributed by atoms with Crippen LogP contribution in [0.4, 0.5) is 4.39 Å². The number of rotatable bonds is 4. The van der Waals surface area contributed by atoms with Crippen LogP contribution in [0.5, 0.6) is 5.75 Å². The molecule has 21 heavy (non-hydrogen) atoms. The lowest BCUT2D eigenvalue weighted by Crippen LogP contribution is -2.19. The molecule has 112 valence electrons. The highest BCUT2D eigenvalue weighted by Crippen LogP contribution is 2.34. The summed E-state index contributed by atoms with van der Waals surface area (Å²) in [6.45, 7) is 4.00. The lowest BCUT2D eigenvalue weighted by Gasteiger charge is -2.22. The van der Waals surface area contributed by atoms with Gasteiger partial charge in [-0.2, -0.15) is 0 Å². The van der Waals surface area contributed by atoms with Gasteiger partial charge < -0.3 is 10.1 Å². The van der Waals surface area contributed by atoms with Gasteiger partial charge in [-0.25, -0.2) is 4.39 Å². The van der Waals surface area contributed by atoms with Crippen molar-refractivity contribution < 1.29 is 9.13 Å². The van der Waals surface area contributed by atoms with E-state index in [0.29, 0.717) is 0 Å².